The van der Waals surface area contributed by atoms with E-state index in [4.69, 9.17) is 4.74 Å². The fourth-order valence-electron chi connectivity index (χ4n) is 2.91. The van der Waals surface area contributed by atoms with Crippen molar-refractivity contribution in [2.24, 2.45) is 4.99 Å². The Labute approximate surface area is 181 Å². The molecule has 2 aromatic carbocycles. The highest BCUT2D eigenvalue weighted by molar-refractivity contribution is 7.14. The number of nitrogens with zero attached hydrogens (tertiary/aromatic N) is 4. The van der Waals surface area contributed by atoms with Gasteiger partial charge < -0.3 is 14.5 Å². The van der Waals surface area contributed by atoms with Crippen molar-refractivity contribution < 1.29 is 9.53 Å². The molecule has 7 heteroatoms. The van der Waals surface area contributed by atoms with Crippen LogP contribution in [-0.2, 0) is 0 Å². The van der Waals surface area contributed by atoms with Crippen molar-refractivity contribution in [3.63, 3.8) is 0 Å². The first-order valence-electron chi connectivity index (χ1n) is 9.53. The predicted molar refractivity (Wildman–Crippen MR) is 125 cm³/mol. The van der Waals surface area contributed by atoms with Gasteiger partial charge in [-0.1, -0.05) is 24.3 Å². The van der Waals surface area contributed by atoms with Gasteiger partial charge in [0, 0.05) is 51.2 Å². The highest BCUT2D eigenvalue weighted by atomic mass is 32.1. The third kappa shape index (κ3) is 4.86. The lowest BCUT2D eigenvalue weighted by molar-refractivity contribution is 0.104. The molecule has 1 heterocycles. The fourth-order valence-corrected chi connectivity index (χ4v) is 3.67. The number of allylic oxidation sites excluding steroid dienone is 1. The Balaban J connectivity index is 2.07. The number of hydrogen-bond acceptors (Lipinski definition) is 6. The second-order valence-corrected chi connectivity index (χ2v) is 8.61. The van der Waals surface area contributed by atoms with E-state index in [9.17, 15) is 4.79 Å². The van der Waals surface area contributed by atoms with Crippen molar-refractivity contribution in [1.82, 2.24) is 14.8 Å². The molecule has 156 valence electrons. The topological polar surface area (TPSA) is 58.0 Å². The molecule has 0 radical (unpaired) electrons. The van der Waals surface area contributed by atoms with Crippen molar-refractivity contribution in [2.45, 2.75) is 13.8 Å². The molecule has 6 nitrogen and oxygen atoms in total. The molecule has 0 spiro atoms. The number of benzene rings is 2. The Morgan fingerprint density at radius 1 is 1.10 bits per heavy atom. The first kappa shape index (κ1) is 21.5. The number of ether oxygens (including phenoxy) is 1. The number of carbonyl (C=O) groups is 1. The molecular weight excluding hydrogens is 396 g/mol. The molecule has 3 aromatic rings. The standard InChI is InChI=1S/C23H26N4O2S/c1-15-13-19(24-14-27(5)6)17-9-7-8-10-18(17)21(15)29-23-22(30-16(2)25-23)20(28)11-12-26(3)4/h7-14H,1-6H3/b12-11+,24-14?. The molecule has 0 bridgehead atoms. The number of rotatable bonds is 7. The maximum absolute atomic E-state index is 12.7. The Hall–Kier alpha value is -3.19. The summed E-state index contributed by atoms with van der Waals surface area (Å²) in [6, 6.07) is 9.95. The van der Waals surface area contributed by atoms with Gasteiger partial charge in [-0.15, -0.1) is 11.3 Å². The van der Waals surface area contributed by atoms with Gasteiger partial charge in [-0.2, -0.15) is 0 Å². The number of ketones is 1. The molecule has 3 rings (SSSR count). The molecule has 0 saturated carbocycles. The molecule has 30 heavy (non-hydrogen) atoms. The minimum absolute atomic E-state index is 0.126. The van der Waals surface area contributed by atoms with Crippen LogP contribution in [0.5, 0.6) is 11.6 Å². The SMILES string of the molecule is Cc1nc(Oc2c(C)cc(N=CN(C)C)c3ccccc23)c(C(=O)/C=C/N(C)C)s1. The van der Waals surface area contributed by atoms with Crippen LogP contribution >= 0.6 is 11.3 Å². The van der Waals surface area contributed by atoms with Gasteiger partial charge >= 0.3 is 0 Å². The highest BCUT2D eigenvalue weighted by Crippen LogP contribution is 2.40. The van der Waals surface area contributed by atoms with E-state index >= 15 is 0 Å². The second-order valence-electron chi connectivity index (χ2n) is 7.41. The third-order valence-corrected chi connectivity index (χ3v) is 5.20. The molecule has 0 aliphatic rings. The minimum Gasteiger partial charge on any atom is -0.436 e. The monoisotopic (exact) mass is 422 g/mol. The second kappa shape index (κ2) is 9.09. The summed E-state index contributed by atoms with van der Waals surface area (Å²) in [5, 5.41) is 2.68. The molecule has 0 aliphatic carbocycles. The quantitative estimate of drug-likeness (QED) is 0.227. The summed E-state index contributed by atoms with van der Waals surface area (Å²) in [6.45, 7) is 3.84. The van der Waals surface area contributed by atoms with Gasteiger partial charge in [-0.25, -0.2) is 9.98 Å². The van der Waals surface area contributed by atoms with E-state index in [1.165, 1.54) is 17.4 Å². The van der Waals surface area contributed by atoms with E-state index in [1.54, 1.807) is 12.5 Å². The van der Waals surface area contributed by atoms with Gasteiger partial charge in [0.1, 0.15) is 10.6 Å². The average molecular weight is 423 g/mol. The average Bonchev–Trinajstić information content (AvgIpc) is 3.07. The van der Waals surface area contributed by atoms with Crippen LogP contribution in [0.25, 0.3) is 10.8 Å². The third-order valence-electron chi connectivity index (χ3n) is 4.24. The van der Waals surface area contributed by atoms with E-state index in [2.05, 4.69) is 9.98 Å². The summed E-state index contributed by atoms with van der Waals surface area (Å²) >= 11 is 1.33. The number of aliphatic imine (C=N–C) groups is 1. The van der Waals surface area contributed by atoms with Crippen molar-refractivity contribution in [3.8, 4) is 11.6 Å². The van der Waals surface area contributed by atoms with E-state index < -0.39 is 0 Å². The number of carbonyl (C=O) groups excluding carboxylic acids is 1. The van der Waals surface area contributed by atoms with Crippen LogP contribution in [0.15, 0.2) is 47.6 Å². The van der Waals surface area contributed by atoms with Crippen LogP contribution in [0.2, 0.25) is 0 Å². The van der Waals surface area contributed by atoms with Gasteiger partial charge in [0.15, 0.2) is 0 Å². The number of fused-ring (bicyclic) bond motifs is 1. The highest BCUT2D eigenvalue weighted by Gasteiger charge is 2.20. The Morgan fingerprint density at radius 3 is 2.47 bits per heavy atom. The molecule has 0 N–H and O–H groups in total. The summed E-state index contributed by atoms with van der Waals surface area (Å²) in [4.78, 5) is 26.0. The normalized spacial score (nSPS) is 11.5. The van der Waals surface area contributed by atoms with Crippen LogP contribution < -0.4 is 4.74 Å². The molecule has 0 saturated heterocycles. The van der Waals surface area contributed by atoms with Crippen LogP contribution in [0.1, 0.15) is 20.2 Å². The van der Waals surface area contributed by atoms with Crippen LogP contribution in [0.4, 0.5) is 5.69 Å². The van der Waals surface area contributed by atoms with Crippen LogP contribution in [0.3, 0.4) is 0 Å². The van der Waals surface area contributed by atoms with Crippen molar-refractivity contribution >= 4 is 39.9 Å². The minimum atomic E-state index is -0.126. The lowest BCUT2D eigenvalue weighted by atomic mass is 10.0. The summed E-state index contributed by atoms with van der Waals surface area (Å²) in [5.41, 5.74) is 1.79. The summed E-state index contributed by atoms with van der Waals surface area (Å²) in [7, 11) is 7.61. The summed E-state index contributed by atoms with van der Waals surface area (Å²) in [6.07, 6.45) is 5.03. The first-order valence-corrected chi connectivity index (χ1v) is 10.3. The van der Waals surface area contributed by atoms with E-state index in [0.29, 0.717) is 16.5 Å². The number of aryl methyl sites for hydroxylation is 2. The van der Waals surface area contributed by atoms with E-state index in [-0.39, 0.29) is 5.78 Å². The Morgan fingerprint density at radius 2 is 1.80 bits per heavy atom. The molecule has 0 atom stereocenters. The number of hydrogen-bond donors (Lipinski definition) is 0. The predicted octanol–water partition coefficient (Wildman–Crippen LogP) is 5.18. The van der Waals surface area contributed by atoms with Gasteiger partial charge in [0.05, 0.1) is 17.0 Å². The Bertz CT molecular complexity index is 1130. The molecule has 0 fully saturated rings. The van der Waals surface area contributed by atoms with E-state index in [1.807, 2.05) is 82.2 Å². The zero-order valence-electron chi connectivity index (χ0n) is 18.1. The zero-order chi connectivity index (χ0) is 21.8. The summed E-state index contributed by atoms with van der Waals surface area (Å²) in [5.74, 6) is 0.896. The lowest BCUT2D eigenvalue weighted by Gasteiger charge is -2.13. The molecule has 0 aliphatic heterocycles. The van der Waals surface area contributed by atoms with Gasteiger partial charge in [0.25, 0.3) is 0 Å². The zero-order valence-corrected chi connectivity index (χ0v) is 18.9. The van der Waals surface area contributed by atoms with Gasteiger partial charge in [0.2, 0.25) is 11.7 Å². The first-order chi connectivity index (χ1) is 14.3. The maximum Gasteiger partial charge on any atom is 0.241 e. The molecular formula is C23H26N4O2S. The van der Waals surface area contributed by atoms with Crippen molar-refractivity contribution in [1.29, 1.82) is 0 Å². The smallest absolute Gasteiger partial charge is 0.241 e. The van der Waals surface area contributed by atoms with Crippen LogP contribution in [0, 0.1) is 13.8 Å². The summed E-state index contributed by atoms with van der Waals surface area (Å²) < 4.78 is 6.25. The van der Waals surface area contributed by atoms with E-state index in [0.717, 1.165) is 27.0 Å². The fraction of sp³-hybridized carbons (Fsp3) is 0.261. The van der Waals surface area contributed by atoms with Crippen molar-refractivity contribution in [3.05, 3.63) is 58.1 Å². The molecule has 1 aromatic heterocycles. The van der Waals surface area contributed by atoms with Crippen LogP contribution in [-0.4, -0.2) is 55.1 Å². The molecule has 0 unspecified atom stereocenters. The largest absolute Gasteiger partial charge is 0.436 e. The lowest BCUT2D eigenvalue weighted by Crippen LogP contribution is -2.07. The number of thiazole rings is 1. The van der Waals surface area contributed by atoms with Gasteiger partial charge in [-0.3, -0.25) is 4.79 Å². The van der Waals surface area contributed by atoms with Crippen molar-refractivity contribution in [2.75, 3.05) is 28.2 Å². The Kier molecular flexibility index (Phi) is 6.52. The number of aromatic nitrogens is 1. The molecule has 0 amide bonds. The van der Waals surface area contributed by atoms with Gasteiger partial charge in [-0.05, 0) is 25.5 Å². The maximum atomic E-state index is 12.7.